The van der Waals surface area contributed by atoms with Crippen molar-refractivity contribution in [3.8, 4) is 0 Å². The zero-order chi connectivity index (χ0) is 13.7. The quantitative estimate of drug-likeness (QED) is 0.902. The fraction of sp³-hybridized carbons (Fsp3) is 0.143. The van der Waals surface area contributed by atoms with Crippen LogP contribution in [-0.2, 0) is 6.54 Å². The number of nitrogens with one attached hydrogen (secondary N) is 2. The van der Waals surface area contributed by atoms with E-state index >= 15 is 0 Å². The highest BCUT2D eigenvalue weighted by Gasteiger charge is 2.07. The highest BCUT2D eigenvalue weighted by Crippen LogP contribution is 2.23. The summed E-state index contributed by atoms with van der Waals surface area (Å²) in [4.78, 5) is 15.5. The summed E-state index contributed by atoms with van der Waals surface area (Å²) in [5, 5.41) is 6.38. The van der Waals surface area contributed by atoms with E-state index in [9.17, 15) is 4.79 Å². The standard InChI is InChI=1S/C14H14ClN3O/c1-16-14(19)11-2-3-12(15)13(8-11)18-9-10-4-6-17-7-5-10/h2-8,18H,9H2,1H3,(H,16,19). The minimum atomic E-state index is -0.136. The fourth-order valence-corrected chi connectivity index (χ4v) is 1.83. The Morgan fingerprint density at radius 1 is 1.26 bits per heavy atom. The first-order valence-corrected chi connectivity index (χ1v) is 6.23. The van der Waals surface area contributed by atoms with Crippen LogP contribution in [-0.4, -0.2) is 17.9 Å². The Labute approximate surface area is 116 Å². The number of aromatic nitrogens is 1. The van der Waals surface area contributed by atoms with Gasteiger partial charge in [0.1, 0.15) is 0 Å². The van der Waals surface area contributed by atoms with Gasteiger partial charge in [-0.15, -0.1) is 0 Å². The molecule has 2 rings (SSSR count). The van der Waals surface area contributed by atoms with Gasteiger partial charge in [0, 0.05) is 31.5 Å². The lowest BCUT2D eigenvalue weighted by molar-refractivity contribution is 0.0963. The summed E-state index contributed by atoms with van der Waals surface area (Å²) in [5.41, 5.74) is 2.40. The molecule has 1 aromatic carbocycles. The molecule has 0 saturated heterocycles. The second kappa shape index (κ2) is 6.20. The van der Waals surface area contributed by atoms with E-state index in [0.717, 1.165) is 11.3 Å². The minimum absolute atomic E-state index is 0.136. The molecule has 1 aromatic heterocycles. The van der Waals surface area contributed by atoms with Crippen molar-refractivity contribution in [2.24, 2.45) is 0 Å². The molecule has 0 saturated carbocycles. The molecule has 0 radical (unpaired) electrons. The van der Waals surface area contributed by atoms with Gasteiger partial charge < -0.3 is 10.6 Å². The van der Waals surface area contributed by atoms with E-state index in [-0.39, 0.29) is 5.91 Å². The third kappa shape index (κ3) is 3.45. The third-order valence-corrected chi connectivity index (χ3v) is 3.02. The topological polar surface area (TPSA) is 54.0 Å². The Bertz CT molecular complexity index is 572. The molecule has 0 aliphatic heterocycles. The molecule has 0 bridgehead atoms. The Hall–Kier alpha value is -2.07. The molecule has 4 nitrogen and oxygen atoms in total. The highest BCUT2D eigenvalue weighted by atomic mass is 35.5. The second-order valence-electron chi connectivity index (χ2n) is 3.98. The Kier molecular flexibility index (Phi) is 4.36. The van der Waals surface area contributed by atoms with Crippen LogP contribution < -0.4 is 10.6 Å². The summed E-state index contributed by atoms with van der Waals surface area (Å²) in [6.07, 6.45) is 3.47. The zero-order valence-electron chi connectivity index (χ0n) is 10.5. The monoisotopic (exact) mass is 275 g/mol. The smallest absolute Gasteiger partial charge is 0.251 e. The van der Waals surface area contributed by atoms with Crippen molar-refractivity contribution in [1.82, 2.24) is 10.3 Å². The second-order valence-corrected chi connectivity index (χ2v) is 4.39. The number of hydrogen-bond donors (Lipinski definition) is 2. The van der Waals surface area contributed by atoms with Crippen LogP contribution in [0.5, 0.6) is 0 Å². The van der Waals surface area contributed by atoms with Crippen LogP contribution in [0.4, 0.5) is 5.69 Å². The largest absolute Gasteiger partial charge is 0.380 e. The summed E-state index contributed by atoms with van der Waals surface area (Å²) in [6, 6.07) is 8.98. The number of anilines is 1. The fourth-order valence-electron chi connectivity index (χ4n) is 1.64. The van der Waals surface area contributed by atoms with Gasteiger partial charge in [-0.1, -0.05) is 11.6 Å². The Morgan fingerprint density at radius 3 is 2.68 bits per heavy atom. The van der Waals surface area contributed by atoms with Gasteiger partial charge in [-0.25, -0.2) is 0 Å². The lowest BCUT2D eigenvalue weighted by Gasteiger charge is -2.10. The molecule has 0 unspecified atom stereocenters. The van der Waals surface area contributed by atoms with E-state index in [1.807, 2.05) is 12.1 Å². The van der Waals surface area contributed by atoms with Crippen LogP contribution in [0, 0.1) is 0 Å². The van der Waals surface area contributed by atoms with E-state index in [1.54, 1.807) is 37.6 Å². The normalized spacial score (nSPS) is 10.0. The molecular weight excluding hydrogens is 262 g/mol. The average Bonchev–Trinajstić information content (AvgIpc) is 2.46. The molecular formula is C14H14ClN3O. The van der Waals surface area contributed by atoms with Crippen LogP contribution in [0.25, 0.3) is 0 Å². The molecule has 0 fully saturated rings. The summed E-state index contributed by atoms with van der Waals surface area (Å²) >= 11 is 6.10. The Morgan fingerprint density at radius 2 is 2.00 bits per heavy atom. The first-order valence-electron chi connectivity index (χ1n) is 5.85. The molecule has 19 heavy (non-hydrogen) atoms. The first-order chi connectivity index (χ1) is 9.20. The van der Waals surface area contributed by atoms with E-state index in [0.29, 0.717) is 17.1 Å². The predicted molar refractivity (Wildman–Crippen MR) is 76.4 cm³/mol. The van der Waals surface area contributed by atoms with Crippen LogP contribution in [0.2, 0.25) is 5.02 Å². The minimum Gasteiger partial charge on any atom is -0.380 e. The van der Waals surface area contributed by atoms with Crippen molar-refractivity contribution in [2.75, 3.05) is 12.4 Å². The number of nitrogens with zero attached hydrogens (tertiary/aromatic N) is 1. The van der Waals surface area contributed by atoms with Crippen LogP contribution in [0.15, 0.2) is 42.7 Å². The van der Waals surface area contributed by atoms with Crippen LogP contribution in [0.3, 0.4) is 0 Å². The van der Waals surface area contributed by atoms with Gasteiger partial charge in [-0.05, 0) is 35.9 Å². The van der Waals surface area contributed by atoms with E-state index in [1.165, 1.54) is 0 Å². The average molecular weight is 276 g/mol. The number of carbonyl (C=O) groups excluding carboxylic acids is 1. The SMILES string of the molecule is CNC(=O)c1ccc(Cl)c(NCc2ccncc2)c1. The number of carbonyl (C=O) groups is 1. The van der Waals surface area contributed by atoms with Gasteiger partial charge in [0.05, 0.1) is 10.7 Å². The maximum atomic E-state index is 11.6. The summed E-state index contributed by atoms with van der Waals surface area (Å²) in [5.74, 6) is -0.136. The van der Waals surface area contributed by atoms with Gasteiger partial charge in [0.15, 0.2) is 0 Å². The lowest BCUT2D eigenvalue weighted by Crippen LogP contribution is -2.17. The van der Waals surface area contributed by atoms with Gasteiger partial charge >= 0.3 is 0 Å². The van der Waals surface area contributed by atoms with Crippen molar-refractivity contribution < 1.29 is 4.79 Å². The molecule has 98 valence electrons. The third-order valence-electron chi connectivity index (χ3n) is 2.69. The highest BCUT2D eigenvalue weighted by molar-refractivity contribution is 6.33. The van der Waals surface area contributed by atoms with E-state index in [2.05, 4.69) is 15.6 Å². The molecule has 5 heteroatoms. The lowest BCUT2D eigenvalue weighted by atomic mass is 10.2. The molecule has 1 amide bonds. The van der Waals surface area contributed by atoms with Gasteiger partial charge in [0.2, 0.25) is 0 Å². The van der Waals surface area contributed by atoms with Crippen LogP contribution in [0.1, 0.15) is 15.9 Å². The number of halogens is 1. The zero-order valence-corrected chi connectivity index (χ0v) is 11.2. The molecule has 0 atom stereocenters. The Balaban J connectivity index is 2.13. The van der Waals surface area contributed by atoms with Gasteiger partial charge in [-0.3, -0.25) is 9.78 Å². The molecule has 0 aliphatic carbocycles. The summed E-state index contributed by atoms with van der Waals surface area (Å²) in [6.45, 7) is 0.624. The first kappa shape index (κ1) is 13.4. The predicted octanol–water partition coefficient (Wildman–Crippen LogP) is 2.71. The van der Waals surface area contributed by atoms with Crippen molar-refractivity contribution in [1.29, 1.82) is 0 Å². The number of benzene rings is 1. The van der Waals surface area contributed by atoms with E-state index in [4.69, 9.17) is 11.6 Å². The van der Waals surface area contributed by atoms with Crippen molar-refractivity contribution in [3.63, 3.8) is 0 Å². The maximum Gasteiger partial charge on any atom is 0.251 e. The van der Waals surface area contributed by atoms with Crippen molar-refractivity contribution in [2.45, 2.75) is 6.54 Å². The molecule has 0 aliphatic rings. The summed E-state index contributed by atoms with van der Waals surface area (Å²) < 4.78 is 0. The molecule has 2 aromatic rings. The molecule has 2 N–H and O–H groups in total. The maximum absolute atomic E-state index is 11.6. The molecule has 0 spiro atoms. The number of pyridine rings is 1. The number of rotatable bonds is 4. The van der Waals surface area contributed by atoms with E-state index < -0.39 is 0 Å². The molecule has 1 heterocycles. The van der Waals surface area contributed by atoms with Crippen LogP contribution >= 0.6 is 11.6 Å². The number of amides is 1. The number of hydrogen-bond acceptors (Lipinski definition) is 3. The van der Waals surface area contributed by atoms with Gasteiger partial charge in [-0.2, -0.15) is 0 Å². The van der Waals surface area contributed by atoms with Crippen molar-refractivity contribution in [3.05, 3.63) is 58.9 Å². The summed E-state index contributed by atoms with van der Waals surface area (Å²) in [7, 11) is 1.60. The van der Waals surface area contributed by atoms with Crippen molar-refractivity contribution >= 4 is 23.2 Å². The van der Waals surface area contributed by atoms with Gasteiger partial charge in [0.25, 0.3) is 5.91 Å².